The van der Waals surface area contributed by atoms with Gasteiger partial charge in [-0.1, -0.05) is 30.3 Å². The second kappa shape index (κ2) is 7.05. The van der Waals surface area contributed by atoms with E-state index in [0.717, 1.165) is 5.56 Å². The molecule has 0 saturated heterocycles. The number of carbonyl (C=O) groups is 2. The van der Waals surface area contributed by atoms with Crippen LogP contribution in [0.15, 0.2) is 30.3 Å². The van der Waals surface area contributed by atoms with Crippen molar-refractivity contribution in [3.63, 3.8) is 0 Å². The molecule has 5 heteroatoms. The van der Waals surface area contributed by atoms with Crippen molar-refractivity contribution in [2.75, 3.05) is 6.61 Å². The minimum atomic E-state index is -1.05. The normalized spacial score (nSPS) is 12.6. The highest BCUT2D eigenvalue weighted by Crippen LogP contribution is 2.14. The standard InChI is InChI=1S/C15H22N2O3/c1-4-20-14(19)15(2,3)17-13(18)10-12(16)11-8-6-5-7-9-11/h5-9,12H,4,10,16H2,1-3H3,(H,17,18). The van der Waals surface area contributed by atoms with E-state index < -0.39 is 17.6 Å². The Balaban J connectivity index is 2.57. The van der Waals surface area contributed by atoms with Gasteiger partial charge in [-0.15, -0.1) is 0 Å². The van der Waals surface area contributed by atoms with E-state index in [2.05, 4.69) is 5.32 Å². The van der Waals surface area contributed by atoms with Crippen LogP contribution in [0, 0.1) is 0 Å². The van der Waals surface area contributed by atoms with Gasteiger partial charge in [-0.05, 0) is 26.3 Å². The van der Waals surface area contributed by atoms with Crippen LogP contribution >= 0.6 is 0 Å². The third-order valence-corrected chi connectivity index (χ3v) is 2.87. The lowest BCUT2D eigenvalue weighted by molar-refractivity contribution is -0.151. The lowest BCUT2D eigenvalue weighted by Gasteiger charge is -2.24. The Hall–Kier alpha value is -1.88. The van der Waals surface area contributed by atoms with Crippen molar-refractivity contribution in [3.8, 4) is 0 Å². The molecule has 1 aromatic carbocycles. The fourth-order valence-electron chi connectivity index (χ4n) is 1.78. The number of rotatable bonds is 6. The highest BCUT2D eigenvalue weighted by atomic mass is 16.5. The number of ether oxygens (including phenoxy) is 1. The summed E-state index contributed by atoms with van der Waals surface area (Å²) in [5.74, 6) is -0.735. The molecule has 1 amide bonds. The van der Waals surface area contributed by atoms with Crippen molar-refractivity contribution in [2.45, 2.75) is 38.8 Å². The van der Waals surface area contributed by atoms with Gasteiger partial charge in [0.1, 0.15) is 5.54 Å². The third-order valence-electron chi connectivity index (χ3n) is 2.87. The number of hydrogen-bond donors (Lipinski definition) is 2. The van der Waals surface area contributed by atoms with Gasteiger partial charge in [-0.3, -0.25) is 4.79 Å². The van der Waals surface area contributed by atoms with Gasteiger partial charge in [-0.25, -0.2) is 4.79 Å². The number of esters is 1. The van der Waals surface area contributed by atoms with Crippen LogP contribution in [-0.2, 0) is 14.3 Å². The van der Waals surface area contributed by atoms with E-state index in [4.69, 9.17) is 10.5 Å². The van der Waals surface area contributed by atoms with Crippen molar-refractivity contribution in [1.29, 1.82) is 0 Å². The van der Waals surface area contributed by atoms with Crippen LogP contribution in [0.1, 0.15) is 38.8 Å². The molecule has 0 aliphatic heterocycles. The molecule has 20 heavy (non-hydrogen) atoms. The van der Waals surface area contributed by atoms with E-state index in [-0.39, 0.29) is 18.9 Å². The Morgan fingerprint density at radius 1 is 1.30 bits per heavy atom. The molecule has 0 aliphatic carbocycles. The maximum Gasteiger partial charge on any atom is 0.331 e. The van der Waals surface area contributed by atoms with Gasteiger partial charge in [0.15, 0.2) is 0 Å². The summed E-state index contributed by atoms with van der Waals surface area (Å²) >= 11 is 0. The molecular formula is C15H22N2O3. The van der Waals surface area contributed by atoms with Crippen LogP contribution in [0.2, 0.25) is 0 Å². The molecule has 0 bridgehead atoms. The molecule has 0 fully saturated rings. The highest BCUT2D eigenvalue weighted by Gasteiger charge is 2.31. The molecule has 3 N–H and O–H groups in total. The number of hydrogen-bond acceptors (Lipinski definition) is 4. The Kier molecular flexibility index (Phi) is 5.70. The molecule has 0 spiro atoms. The first-order chi connectivity index (χ1) is 9.36. The van der Waals surface area contributed by atoms with Gasteiger partial charge in [0.2, 0.25) is 5.91 Å². The predicted octanol–water partition coefficient (Wildman–Crippen LogP) is 1.53. The van der Waals surface area contributed by atoms with Crippen molar-refractivity contribution in [3.05, 3.63) is 35.9 Å². The monoisotopic (exact) mass is 278 g/mol. The molecule has 0 heterocycles. The zero-order valence-electron chi connectivity index (χ0n) is 12.2. The van der Waals surface area contributed by atoms with E-state index in [1.165, 1.54) is 0 Å². The maximum absolute atomic E-state index is 12.0. The van der Waals surface area contributed by atoms with Crippen LogP contribution < -0.4 is 11.1 Å². The minimum Gasteiger partial charge on any atom is -0.464 e. The van der Waals surface area contributed by atoms with Gasteiger partial charge >= 0.3 is 5.97 Å². The highest BCUT2D eigenvalue weighted by molar-refractivity contribution is 5.87. The Labute approximate surface area is 119 Å². The Morgan fingerprint density at radius 2 is 1.90 bits per heavy atom. The number of nitrogens with one attached hydrogen (secondary N) is 1. The number of amides is 1. The van der Waals surface area contributed by atoms with Crippen LogP contribution in [0.4, 0.5) is 0 Å². The summed E-state index contributed by atoms with van der Waals surface area (Å²) in [5, 5.41) is 2.65. The Morgan fingerprint density at radius 3 is 2.45 bits per heavy atom. The van der Waals surface area contributed by atoms with E-state index in [9.17, 15) is 9.59 Å². The molecule has 0 radical (unpaired) electrons. The zero-order chi connectivity index (χ0) is 15.2. The first-order valence-corrected chi connectivity index (χ1v) is 6.65. The van der Waals surface area contributed by atoms with Gasteiger partial charge in [0.25, 0.3) is 0 Å². The molecule has 110 valence electrons. The topological polar surface area (TPSA) is 81.4 Å². The van der Waals surface area contributed by atoms with Gasteiger partial charge < -0.3 is 15.8 Å². The summed E-state index contributed by atoms with van der Waals surface area (Å²) in [4.78, 5) is 23.6. The lowest BCUT2D eigenvalue weighted by atomic mass is 10.0. The van der Waals surface area contributed by atoms with E-state index in [0.29, 0.717) is 0 Å². The molecule has 0 aromatic heterocycles. The molecule has 1 aromatic rings. The number of carbonyl (C=O) groups excluding carboxylic acids is 2. The summed E-state index contributed by atoms with van der Waals surface area (Å²) in [6.45, 7) is 5.22. The smallest absolute Gasteiger partial charge is 0.331 e. The van der Waals surface area contributed by atoms with Crippen molar-refractivity contribution >= 4 is 11.9 Å². The average Bonchev–Trinajstić information content (AvgIpc) is 2.39. The second-order valence-electron chi connectivity index (χ2n) is 5.11. The fraction of sp³-hybridized carbons (Fsp3) is 0.467. The van der Waals surface area contributed by atoms with Crippen molar-refractivity contribution < 1.29 is 14.3 Å². The Bertz CT molecular complexity index is 457. The van der Waals surface area contributed by atoms with Crippen LogP contribution in [-0.4, -0.2) is 24.0 Å². The largest absolute Gasteiger partial charge is 0.464 e. The molecule has 1 atom stereocenters. The quantitative estimate of drug-likeness (QED) is 0.773. The number of benzene rings is 1. The van der Waals surface area contributed by atoms with Crippen molar-refractivity contribution in [1.82, 2.24) is 5.32 Å². The second-order valence-corrected chi connectivity index (χ2v) is 5.11. The van der Waals surface area contributed by atoms with Crippen LogP contribution in [0.25, 0.3) is 0 Å². The van der Waals surface area contributed by atoms with Gasteiger partial charge in [0, 0.05) is 12.5 Å². The molecule has 5 nitrogen and oxygen atoms in total. The summed E-state index contributed by atoms with van der Waals surface area (Å²) in [7, 11) is 0. The van der Waals surface area contributed by atoms with E-state index >= 15 is 0 Å². The minimum absolute atomic E-state index is 0.118. The molecule has 0 saturated carbocycles. The van der Waals surface area contributed by atoms with Gasteiger partial charge in [-0.2, -0.15) is 0 Å². The van der Waals surface area contributed by atoms with Crippen LogP contribution in [0.3, 0.4) is 0 Å². The molecule has 0 aliphatic rings. The molecule has 1 rings (SSSR count). The maximum atomic E-state index is 12.0. The zero-order valence-corrected chi connectivity index (χ0v) is 12.2. The first-order valence-electron chi connectivity index (χ1n) is 6.65. The average molecular weight is 278 g/mol. The predicted molar refractivity (Wildman–Crippen MR) is 76.8 cm³/mol. The molecule has 1 unspecified atom stereocenters. The fourth-order valence-corrected chi connectivity index (χ4v) is 1.78. The van der Waals surface area contributed by atoms with Crippen LogP contribution in [0.5, 0.6) is 0 Å². The SMILES string of the molecule is CCOC(=O)C(C)(C)NC(=O)CC(N)c1ccccc1. The summed E-state index contributed by atoms with van der Waals surface area (Å²) < 4.78 is 4.91. The summed E-state index contributed by atoms with van der Waals surface area (Å²) in [5.41, 5.74) is 5.81. The first kappa shape index (κ1) is 16.2. The summed E-state index contributed by atoms with van der Waals surface area (Å²) in [6.07, 6.45) is 0.118. The molecular weight excluding hydrogens is 256 g/mol. The van der Waals surface area contributed by atoms with E-state index in [1.54, 1.807) is 20.8 Å². The third kappa shape index (κ3) is 4.66. The summed E-state index contributed by atoms with van der Waals surface area (Å²) in [6, 6.07) is 8.98. The lowest BCUT2D eigenvalue weighted by Crippen LogP contribution is -2.51. The van der Waals surface area contributed by atoms with E-state index in [1.807, 2.05) is 30.3 Å². The number of nitrogens with two attached hydrogens (primary N) is 1. The van der Waals surface area contributed by atoms with Gasteiger partial charge in [0.05, 0.1) is 6.61 Å². The van der Waals surface area contributed by atoms with Crippen molar-refractivity contribution in [2.24, 2.45) is 5.73 Å².